The number of rotatable bonds is 5. The molecule has 2 aromatic heterocycles. The van der Waals surface area contributed by atoms with Crippen molar-refractivity contribution < 1.29 is 22.8 Å². The Labute approximate surface area is 214 Å². The van der Waals surface area contributed by atoms with E-state index >= 15 is 0 Å². The Morgan fingerprint density at radius 3 is 2.68 bits per heavy atom. The van der Waals surface area contributed by atoms with Crippen molar-refractivity contribution in [2.45, 2.75) is 44.0 Å². The fraction of sp³-hybridized carbons (Fsp3) is 0.360. The third-order valence-corrected chi connectivity index (χ3v) is 7.60. The summed E-state index contributed by atoms with van der Waals surface area (Å²) in [4.78, 5) is 24.8. The lowest BCUT2D eigenvalue weighted by atomic mass is 9.94. The van der Waals surface area contributed by atoms with Crippen LogP contribution in [0.4, 0.5) is 13.2 Å². The molecular weight excluding hydrogens is 505 g/mol. The fourth-order valence-electron chi connectivity index (χ4n) is 4.48. The van der Waals surface area contributed by atoms with Gasteiger partial charge in [-0.25, -0.2) is 9.82 Å². The smallest absolute Gasteiger partial charge is 0.341 e. The number of hydrogen-bond acceptors (Lipinski definition) is 7. The van der Waals surface area contributed by atoms with Crippen LogP contribution in [-0.4, -0.2) is 38.7 Å². The van der Waals surface area contributed by atoms with Gasteiger partial charge in [-0.3, -0.25) is 15.0 Å². The Kier molecular flexibility index (Phi) is 6.51. The summed E-state index contributed by atoms with van der Waals surface area (Å²) in [5.74, 6) is -0.103. The summed E-state index contributed by atoms with van der Waals surface area (Å²) >= 11 is 1.51. The van der Waals surface area contributed by atoms with E-state index in [2.05, 4.69) is 16.6 Å². The second-order valence-electron chi connectivity index (χ2n) is 9.03. The Hall–Kier alpha value is -3.69. The first-order valence-corrected chi connectivity index (χ1v) is 12.6. The maximum absolute atomic E-state index is 12.9. The molecule has 1 N–H and O–H groups in total. The SMILES string of the molecule is Cc1cc(C(F)(F)F)nn1CC(=O)N1CCC(c2nc(C3=CC(C#N)(c4ccccc4)ON3)cs2)CC1. The summed E-state index contributed by atoms with van der Waals surface area (Å²) in [7, 11) is 0. The van der Waals surface area contributed by atoms with Gasteiger partial charge in [0.15, 0.2) is 5.69 Å². The van der Waals surface area contributed by atoms with Gasteiger partial charge in [0.25, 0.3) is 0 Å². The van der Waals surface area contributed by atoms with E-state index in [1.807, 2.05) is 35.7 Å². The highest BCUT2D eigenvalue weighted by Gasteiger charge is 2.38. The number of hydroxylamine groups is 1. The van der Waals surface area contributed by atoms with Gasteiger partial charge >= 0.3 is 6.18 Å². The number of hydrogen-bond donors (Lipinski definition) is 1. The Morgan fingerprint density at radius 2 is 2.03 bits per heavy atom. The number of benzene rings is 1. The quantitative estimate of drug-likeness (QED) is 0.529. The van der Waals surface area contributed by atoms with E-state index < -0.39 is 17.5 Å². The number of carbonyl (C=O) groups is 1. The molecule has 192 valence electrons. The minimum Gasteiger partial charge on any atom is -0.341 e. The zero-order valence-corrected chi connectivity index (χ0v) is 20.6. The molecule has 1 aromatic carbocycles. The number of halogens is 3. The fourth-order valence-corrected chi connectivity index (χ4v) is 5.47. The standard InChI is InChI=1S/C25H23F3N6O2S/c1-16-11-21(25(26,27)28)31-34(16)13-22(35)33-9-7-17(8-10-33)23-30-20(14-37-23)19-12-24(15-29,36-32-19)18-5-3-2-4-6-18/h2-6,11-12,14,17,32H,7-10,13H2,1H3. The molecule has 37 heavy (non-hydrogen) atoms. The van der Waals surface area contributed by atoms with E-state index in [4.69, 9.17) is 9.82 Å². The topological polar surface area (TPSA) is 96.1 Å². The average Bonchev–Trinajstić information content (AvgIpc) is 3.64. The van der Waals surface area contributed by atoms with Gasteiger partial charge in [0.1, 0.15) is 12.6 Å². The molecule has 3 aromatic rings. The van der Waals surface area contributed by atoms with E-state index in [1.165, 1.54) is 18.3 Å². The largest absolute Gasteiger partial charge is 0.435 e. The average molecular weight is 529 g/mol. The Morgan fingerprint density at radius 1 is 1.30 bits per heavy atom. The molecule has 0 radical (unpaired) electrons. The summed E-state index contributed by atoms with van der Waals surface area (Å²) in [6.45, 7) is 2.25. The number of thiazole rings is 1. The molecule has 0 saturated carbocycles. The predicted molar refractivity (Wildman–Crippen MR) is 129 cm³/mol. The van der Waals surface area contributed by atoms with Crippen LogP contribution in [0.25, 0.3) is 5.70 Å². The first kappa shape index (κ1) is 25.0. The molecule has 8 nitrogen and oxygen atoms in total. The van der Waals surface area contributed by atoms with Crippen molar-refractivity contribution in [2.75, 3.05) is 13.1 Å². The van der Waals surface area contributed by atoms with Crippen LogP contribution in [-0.2, 0) is 28.0 Å². The molecule has 1 saturated heterocycles. The molecule has 12 heteroatoms. The molecule has 1 atom stereocenters. The molecule has 1 amide bonds. The molecule has 0 spiro atoms. The minimum absolute atomic E-state index is 0.156. The summed E-state index contributed by atoms with van der Waals surface area (Å²) < 4.78 is 39.8. The number of nitriles is 1. The number of aromatic nitrogens is 3. The van der Waals surface area contributed by atoms with Gasteiger partial charge in [-0.15, -0.1) is 11.3 Å². The van der Waals surface area contributed by atoms with Crippen LogP contribution in [0.15, 0.2) is 47.9 Å². The second-order valence-corrected chi connectivity index (χ2v) is 9.92. The number of amides is 1. The van der Waals surface area contributed by atoms with Gasteiger partial charge in [-0.1, -0.05) is 30.3 Å². The summed E-state index contributed by atoms with van der Waals surface area (Å²) in [6.07, 6.45) is -1.43. The van der Waals surface area contributed by atoms with E-state index in [9.17, 15) is 23.2 Å². The summed E-state index contributed by atoms with van der Waals surface area (Å²) in [5.41, 5.74) is 2.91. The van der Waals surface area contributed by atoms with Crippen molar-refractivity contribution in [3.8, 4) is 6.07 Å². The van der Waals surface area contributed by atoms with Crippen LogP contribution in [0.5, 0.6) is 0 Å². The molecule has 2 aliphatic heterocycles. The normalized spacial score (nSPS) is 20.4. The van der Waals surface area contributed by atoms with Crippen LogP contribution in [0.1, 0.15) is 46.4 Å². The molecule has 5 rings (SSSR count). The first-order valence-electron chi connectivity index (χ1n) is 11.7. The summed E-state index contributed by atoms with van der Waals surface area (Å²) in [6, 6.07) is 12.4. The third kappa shape index (κ3) is 4.97. The van der Waals surface area contributed by atoms with Crippen molar-refractivity contribution in [1.29, 1.82) is 5.26 Å². The number of aryl methyl sites for hydroxylation is 1. The van der Waals surface area contributed by atoms with E-state index in [1.54, 1.807) is 11.0 Å². The zero-order valence-electron chi connectivity index (χ0n) is 19.8. The van der Waals surface area contributed by atoms with Gasteiger partial charge in [-0.05, 0) is 31.9 Å². The lowest BCUT2D eigenvalue weighted by Gasteiger charge is -2.31. The van der Waals surface area contributed by atoms with Crippen LogP contribution in [0.3, 0.4) is 0 Å². The molecule has 1 unspecified atom stereocenters. The first-order chi connectivity index (χ1) is 17.7. The van der Waals surface area contributed by atoms with E-state index in [-0.39, 0.29) is 24.1 Å². The van der Waals surface area contributed by atoms with Crippen LogP contribution in [0.2, 0.25) is 0 Å². The van der Waals surface area contributed by atoms with Crippen molar-refractivity contribution >= 4 is 22.9 Å². The van der Waals surface area contributed by atoms with Crippen LogP contribution < -0.4 is 5.48 Å². The molecule has 0 aliphatic carbocycles. The predicted octanol–water partition coefficient (Wildman–Crippen LogP) is 4.37. The maximum atomic E-state index is 12.9. The zero-order chi connectivity index (χ0) is 26.2. The molecule has 2 aliphatic rings. The highest BCUT2D eigenvalue weighted by Crippen LogP contribution is 2.37. The van der Waals surface area contributed by atoms with Gasteiger partial charge in [0.05, 0.1) is 16.4 Å². The van der Waals surface area contributed by atoms with Crippen LogP contribution in [0, 0.1) is 18.3 Å². The number of nitrogens with one attached hydrogen (secondary N) is 1. The number of alkyl halides is 3. The lowest BCUT2D eigenvalue weighted by Crippen LogP contribution is -2.40. The molecule has 1 fully saturated rings. The van der Waals surface area contributed by atoms with Gasteiger partial charge < -0.3 is 4.90 Å². The highest BCUT2D eigenvalue weighted by molar-refractivity contribution is 7.09. The van der Waals surface area contributed by atoms with Gasteiger partial charge in [0, 0.05) is 35.6 Å². The lowest BCUT2D eigenvalue weighted by molar-refractivity contribution is -0.142. The van der Waals surface area contributed by atoms with Crippen molar-refractivity contribution in [3.63, 3.8) is 0 Å². The van der Waals surface area contributed by atoms with Crippen molar-refractivity contribution in [1.82, 2.24) is 25.1 Å². The Bertz CT molecular complexity index is 1370. The van der Waals surface area contributed by atoms with Crippen molar-refractivity contribution in [3.05, 3.63) is 75.5 Å². The monoisotopic (exact) mass is 528 g/mol. The molecule has 4 heterocycles. The van der Waals surface area contributed by atoms with E-state index in [0.29, 0.717) is 42.9 Å². The number of carbonyl (C=O) groups excluding carboxylic acids is 1. The van der Waals surface area contributed by atoms with Gasteiger partial charge in [-0.2, -0.15) is 23.5 Å². The van der Waals surface area contributed by atoms with E-state index in [0.717, 1.165) is 15.8 Å². The molecule has 0 bridgehead atoms. The minimum atomic E-state index is -4.54. The highest BCUT2D eigenvalue weighted by atomic mass is 32.1. The number of piperidine rings is 1. The third-order valence-electron chi connectivity index (χ3n) is 6.59. The van der Waals surface area contributed by atoms with Crippen LogP contribution >= 0.6 is 11.3 Å². The summed E-state index contributed by atoms with van der Waals surface area (Å²) in [5, 5.41) is 16.2. The maximum Gasteiger partial charge on any atom is 0.435 e. The Balaban J connectivity index is 1.21. The van der Waals surface area contributed by atoms with Crippen molar-refractivity contribution in [2.24, 2.45) is 0 Å². The molecular formula is C25H23F3N6O2S. The second kappa shape index (κ2) is 9.64. The van der Waals surface area contributed by atoms with Gasteiger partial charge in [0.2, 0.25) is 11.5 Å². The number of likely N-dealkylation sites (tertiary alicyclic amines) is 1. The number of nitrogens with zero attached hydrogens (tertiary/aromatic N) is 5.